The fraction of sp³-hybridized carbons (Fsp3) is 0.0952. The van der Waals surface area contributed by atoms with Gasteiger partial charge in [0.2, 0.25) is 0 Å². The second kappa shape index (κ2) is 8.29. The summed E-state index contributed by atoms with van der Waals surface area (Å²) in [5, 5.41) is 22.0. The van der Waals surface area contributed by atoms with Crippen molar-refractivity contribution in [1.29, 1.82) is 0 Å². The minimum absolute atomic E-state index is 0.124. The molecule has 1 unspecified atom stereocenters. The van der Waals surface area contributed by atoms with E-state index in [0.717, 1.165) is 12.1 Å². The molecule has 2 N–H and O–H groups in total. The molecule has 27 heavy (non-hydrogen) atoms. The summed E-state index contributed by atoms with van der Waals surface area (Å²) in [6.45, 7) is 0. The zero-order chi connectivity index (χ0) is 19.4. The van der Waals surface area contributed by atoms with Crippen LogP contribution in [-0.4, -0.2) is 15.2 Å². The van der Waals surface area contributed by atoms with Gasteiger partial charge in [-0.2, -0.15) is 0 Å². The van der Waals surface area contributed by atoms with Crippen LogP contribution in [0.4, 0.5) is 8.78 Å². The van der Waals surface area contributed by atoms with E-state index in [1.165, 1.54) is 18.3 Å². The van der Waals surface area contributed by atoms with Crippen LogP contribution in [0.2, 0.25) is 5.02 Å². The van der Waals surface area contributed by atoms with Crippen LogP contribution in [-0.2, 0) is 6.42 Å². The normalized spacial score (nSPS) is 13.2. The van der Waals surface area contributed by atoms with Crippen molar-refractivity contribution >= 4 is 17.4 Å². The van der Waals surface area contributed by atoms with E-state index in [9.17, 15) is 19.0 Å². The second-order valence-corrected chi connectivity index (χ2v) is 6.42. The molecule has 0 amide bonds. The summed E-state index contributed by atoms with van der Waals surface area (Å²) >= 11 is 5.99. The van der Waals surface area contributed by atoms with Gasteiger partial charge in [0.05, 0.1) is 0 Å². The molecule has 3 aromatic rings. The van der Waals surface area contributed by atoms with Crippen molar-refractivity contribution in [2.45, 2.75) is 12.5 Å². The molecule has 0 aliphatic heterocycles. The van der Waals surface area contributed by atoms with Crippen LogP contribution in [0.15, 0.2) is 72.6 Å². The molecule has 0 radical (unpaired) electrons. The third-order valence-corrected chi connectivity index (χ3v) is 4.36. The third-order valence-electron chi connectivity index (χ3n) is 4.13. The van der Waals surface area contributed by atoms with Gasteiger partial charge in [0.25, 0.3) is 0 Å². The standard InChI is InChI=1S/C21H16ClF2NO2/c22-16-5-1-3-14(9-16)20(26)18(21(27)15-4-2-8-25-12-15)10-13-6-7-17(23)11-19(13)24/h1-9,11-12,21,26-27H,10H2/b20-18+. The lowest BCUT2D eigenvalue weighted by Gasteiger charge is -2.18. The van der Waals surface area contributed by atoms with Gasteiger partial charge in [0, 0.05) is 46.6 Å². The van der Waals surface area contributed by atoms with E-state index in [1.54, 1.807) is 36.5 Å². The van der Waals surface area contributed by atoms with Crippen LogP contribution in [0.5, 0.6) is 0 Å². The Morgan fingerprint density at radius 2 is 1.89 bits per heavy atom. The number of pyridine rings is 1. The maximum absolute atomic E-state index is 14.1. The molecular weight excluding hydrogens is 372 g/mol. The lowest BCUT2D eigenvalue weighted by Crippen LogP contribution is -2.09. The Balaban J connectivity index is 2.09. The van der Waals surface area contributed by atoms with Crippen molar-refractivity contribution in [3.05, 3.63) is 106 Å². The molecule has 6 heteroatoms. The minimum atomic E-state index is -1.23. The first-order chi connectivity index (χ1) is 13.0. The van der Waals surface area contributed by atoms with Gasteiger partial charge in [-0.15, -0.1) is 0 Å². The van der Waals surface area contributed by atoms with E-state index in [4.69, 9.17) is 11.6 Å². The molecule has 0 saturated carbocycles. The first-order valence-corrected chi connectivity index (χ1v) is 8.53. The number of nitrogens with zero attached hydrogens (tertiary/aromatic N) is 1. The van der Waals surface area contributed by atoms with E-state index in [0.29, 0.717) is 16.1 Å². The Bertz CT molecular complexity index is 977. The Morgan fingerprint density at radius 3 is 2.56 bits per heavy atom. The molecule has 0 spiro atoms. The first kappa shape index (κ1) is 19.0. The van der Waals surface area contributed by atoms with Gasteiger partial charge in [-0.05, 0) is 29.8 Å². The zero-order valence-electron chi connectivity index (χ0n) is 14.1. The highest BCUT2D eigenvalue weighted by Crippen LogP contribution is 2.31. The van der Waals surface area contributed by atoms with Crippen molar-refractivity contribution in [3.63, 3.8) is 0 Å². The molecule has 3 nitrogen and oxygen atoms in total. The predicted octanol–water partition coefficient (Wildman–Crippen LogP) is 5.26. The number of benzene rings is 2. The van der Waals surface area contributed by atoms with Gasteiger partial charge in [-0.1, -0.05) is 35.9 Å². The second-order valence-electron chi connectivity index (χ2n) is 5.99. The molecule has 2 aromatic carbocycles. The highest BCUT2D eigenvalue weighted by Gasteiger charge is 2.21. The molecule has 1 aromatic heterocycles. The molecule has 0 aliphatic rings. The molecule has 1 heterocycles. The summed E-state index contributed by atoms with van der Waals surface area (Å²) in [4.78, 5) is 3.96. The molecule has 0 aliphatic carbocycles. The van der Waals surface area contributed by atoms with Crippen LogP contribution in [0.3, 0.4) is 0 Å². The summed E-state index contributed by atoms with van der Waals surface area (Å²) in [6.07, 6.45) is 1.65. The summed E-state index contributed by atoms with van der Waals surface area (Å²) in [5.41, 5.74) is 1.10. The fourth-order valence-electron chi connectivity index (χ4n) is 2.74. The van der Waals surface area contributed by atoms with Crippen LogP contribution in [0.1, 0.15) is 22.8 Å². The van der Waals surface area contributed by atoms with E-state index >= 15 is 0 Å². The largest absolute Gasteiger partial charge is 0.507 e. The van der Waals surface area contributed by atoms with Gasteiger partial charge in [0.1, 0.15) is 23.5 Å². The number of aromatic nitrogens is 1. The molecule has 0 bridgehead atoms. The minimum Gasteiger partial charge on any atom is -0.507 e. The monoisotopic (exact) mass is 387 g/mol. The zero-order valence-corrected chi connectivity index (χ0v) is 14.9. The van der Waals surface area contributed by atoms with Gasteiger partial charge in [0.15, 0.2) is 0 Å². The third kappa shape index (κ3) is 4.51. The topological polar surface area (TPSA) is 53.4 Å². The SMILES string of the molecule is O/C(=C(\Cc1ccc(F)cc1F)C(O)c1cccnc1)c1cccc(Cl)c1. The average Bonchev–Trinajstić information content (AvgIpc) is 2.67. The van der Waals surface area contributed by atoms with Crippen LogP contribution < -0.4 is 0 Å². The van der Waals surface area contributed by atoms with Crippen molar-refractivity contribution in [2.24, 2.45) is 0 Å². The van der Waals surface area contributed by atoms with Crippen molar-refractivity contribution in [3.8, 4) is 0 Å². The molecule has 3 rings (SSSR count). The Kier molecular flexibility index (Phi) is 5.84. The highest BCUT2D eigenvalue weighted by atomic mass is 35.5. The van der Waals surface area contributed by atoms with E-state index in [-0.39, 0.29) is 23.3 Å². The van der Waals surface area contributed by atoms with Gasteiger partial charge in [-0.3, -0.25) is 4.98 Å². The van der Waals surface area contributed by atoms with E-state index in [2.05, 4.69) is 4.98 Å². The number of hydrogen-bond acceptors (Lipinski definition) is 3. The number of hydrogen-bond donors (Lipinski definition) is 2. The van der Waals surface area contributed by atoms with E-state index in [1.807, 2.05) is 0 Å². The lowest BCUT2D eigenvalue weighted by molar-refractivity contribution is 0.209. The number of aliphatic hydroxyl groups is 2. The predicted molar refractivity (Wildman–Crippen MR) is 100 cm³/mol. The van der Waals surface area contributed by atoms with E-state index < -0.39 is 17.7 Å². The number of rotatable bonds is 5. The first-order valence-electron chi connectivity index (χ1n) is 8.15. The summed E-state index contributed by atoms with van der Waals surface area (Å²) in [5.74, 6) is -1.68. The summed E-state index contributed by atoms with van der Waals surface area (Å²) < 4.78 is 27.4. The lowest BCUT2D eigenvalue weighted by atomic mass is 9.93. The van der Waals surface area contributed by atoms with Crippen LogP contribution in [0, 0.1) is 11.6 Å². The van der Waals surface area contributed by atoms with Crippen LogP contribution in [0.25, 0.3) is 5.76 Å². The Hall–Kier alpha value is -2.76. The van der Waals surface area contributed by atoms with Gasteiger partial charge >= 0.3 is 0 Å². The Morgan fingerprint density at radius 1 is 1.07 bits per heavy atom. The van der Waals surface area contributed by atoms with Crippen molar-refractivity contribution < 1.29 is 19.0 Å². The Labute approximate surface area is 160 Å². The molecule has 138 valence electrons. The van der Waals surface area contributed by atoms with Crippen molar-refractivity contribution in [2.75, 3.05) is 0 Å². The summed E-state index contributed by atoms with van der Waals surface area (Å²) in [7, 11) is 0. The highest BCUT2D eigenvalue weighted by molar-refractivity contribution is 6.30. The summed E-state index contributed by atoms with van der Waals surface area (Å²) in [6, 6.07) is 12.9. The maximum atomic E-state index is 14.1. The molecule has 0 saturated heterocycles. The number of aliphatic hydroxyl groups excluding tert-OH is 2. The average molecular weight is 388 g/mol. The number of halogens is 3. The smallest absolute Gasteiger partial charge is 0.129 e. The molecule has 0 fully saturated rings. The fourth-order valence-corrected chi connectivity index (χ4v) is 2.93. The van der Waals surface area contributed by atoms with Gasteiger partial charge in [-0.25, -0.2) is 8.78 Å². The van der Waals surface area contributed by atoms with Crippen molar-refractivity contribution in [1.82, 2.24) is 4.98 Å². The van der Waals surface area contributed by atoms with Gasteiger partial charge < -0.3 is 10.2 Å². The molecule has 1 atom stereocenters. The maximum Gasteiger partial charge on any atom is 0.129 e. The molecular formula is C21H16ClF2NO2. The quantitative estimate of drug-likeness (QED) is 0.587. The van der Waals surface area contributed by atoms with Crippen LogP contribution >= 0.6 is 11.6 Å².